The smallest absolute Gasteiger partial charge is 0.326 e. The Morgan fingerprint density at radius 3 is 2.32 bits per heavy atom. The fraction of sp³-hybridized carbons (Fsp3) is 0.152. The van der Waals surface area contributed by atoms with E-state index in [0.717, 1.165) is 33.3 Å². The third-order valence-electron chi connectivity index (χ3n) is 10.9. The van der Waals surface area contributed by atoms with Gasteiger partial charge in [-0.25, -0.2) is 18.2 Å². The first kappa shape index (κ1) is 44.3. The van der Waals surface area contributed by atoms with Crippen LogP contribution in [0.3, 0.4) is 0 Å². The average Bonchev–Trinajstić information content (AvgIpc) is 3.30. The van der Waals surface area contributed by atoms with E-state index in [9.17, 15) is 38.0 Å². The molecule has 5 aromatic carbocycles. The summed E-state index contributed by atoms with van der Waals surface area (Å²) in [7, 11) is -4.92. The number of carboxylic acid groups (broad SMARTS) is 1. The maximum absolute atomic E-state index is 14.4. The Balaban J connectivity index is 1.04. The van der Waals surface area contributed by atoms with Crippen LogP contribution in [0.1, 0.15) is 39.5 Å². The van der Waals surface area contributed by atoms with Gasteiger partial charge in [0.1, 0.15) is 30.2 Å². The molecule has 3 heterocycles. The first-order valence-electron chi connectivity index (χ1n) is 19.7. The van der Waals surface area contributed by atoms with Crippen LogP contribution in [0.5, 0.6) is 11.5 Å². The van der Waals surface area contributed by atoms with Crippen molar-refractivity contribution in [1.82, 2.24) is 14.6 Å². The van der Waals surface area contributed by atoms with Gasteiger partial charge in [0, 0.05) is 30.8 Å². The lowest BCUT2D eigenvalue weighted by molar-refractivity contribution is -0.388. The summed E-state index contributed by atoms with van der Waals surface area (Å²) in [6.07, 6.45) is -0.546. The molecule has 2 aliphatic rings. The topological polar surface area (TPSA) is 231 Å². The number of aliphatic carboxylic acids is 1. The van der Waals surface area contributed by atoms with Gasteiger partial charge >= 0.3 is 11.7 Å². The van der Waals surface area contributed by atoms with Gasteiger partial charge in [-0.1, -0.05) is 77.8 Å². The number of nitrogens with one attached hydrogen (secondary N) is 2. The molecule has 0 fully saturated rings. The molecule has 0 saturated heterocycles. The highest BCUT2D eigenvalue weighted by Gasteiger charge is 2.44. The Kier molecular flexibility index (Phi) is 12.5. The number of carbonyl (C=O) groups excluding carboxylic acids is 2. The Hall–Kier alpha value is -7.36. The van der Waals surface area contributed by atoms with Crippen LogP contribution in [-0.4, -0.2) is 57.6 Å². The number of fused-ring (bicyclic) bond motifs is 2. The highest BCUT2D eigenvalue weighted by Crippen LogP contribution is 2.41. The van der Waals surface area contributed by atoms with E-state index in [1.54, 1.807) is 97.1 Å². The molecule has 0 saturated carbocycles. The molecule has 6 aromatic rings. The summed E-state index contributed by atoms with van der Waals surface area (Å²) in [5, 5.41) is 36.6. The molecular weight excluding hydrogens is 900 g/mol. The summed E-state index contributed by atoms with van der Waals surface area (Å²) in [6, 6.07) is 29.8. The van der Waals surface area contributed by atoms with Crippen LogP contribution in [0, 0.1) is 21.4 Å². The van der Waals surface area contributed by atoms with Crippen molar-refractivity contribution in [2.75, 3.05) is 5.32 Å². The summed E-state index contributed by atoms with van der Waals surface area (Å²) in [5.41, 5.74) is 4.15. The molecule has 3 N–H and O–H groups in total. The van der Waals surface area contributed by atoms with E-state index in [4.69, 9.17) is 37.9 Å². The van der Waals surface area contributed by atoms with E-state index in [1.807, 2.05) is 0 Å². The number of ether oxygens (including phenoxy) is 2. The van der Waals surface area contributed by atoms with Gasteiger partial charge in [0.25, 0.3) is 15.9 Å². The van der Waals surface area contributed by atoms with E-state index in [-0.39, 0.29) is 30.9 Å². The van der Waals surface area contributed by atoms with Crippen molar-refractivity contribution in [2.45, 2.75) is 49.2 Å². The normalized spacial score (nSPS) is 16.1. The maximum Gasteiger partial charge on any atom is 0.326 e. The maximum atomic E-state index is 14.4. The number of carboxylic acids is 1. The lowest BCUT2D eigenvalue weighted by Gasteiger charge is -2.36. The van der Waals surface area contributed by atoms with Crippen LogP contribution >= 0.6 is 23.2 Å². The second-order valence-electron chi connectivity index (χ2n) is 15.1. The van der Waals surface area contributed by atoms with E-state index in [0.29, 0.717) is 43.6 Å². The molecule has 328 valence electrons. The van der Waals surface area contributed by atoms with Gasteiger partial charge in [0.2, 0.25) is 17.0 Å². The Morgan fingerprint density at radius 2 is 1.66 bits per heavy atom. The Labute approximate surface area is 381 Å². The fourth-order valence-corrected chi connectivity index (χ4v) is 9.46. The molecule has 16 nitrogen and oxygen atoms in total. The number of nitriles is 1. The minimum absolute atomic E-state index is 0.178. The molecule has 1 aromatic heterocycles. The Morgan fingerprint density at radius 1 is 0.969 bits per heavy atom. The van der Waals surface area contributed by atoms with Crippen molar-refractivity contribution in [2.24, 2.45) is 0 Å². The summed E-state index contributed by atoms with van der Waals surface area (Å²) in [6.45, 7) is -0.298. The standard InChI is InChI=1S/C46H34Cl2N6O10S/c47-35-16-7-28(18-36(35)48)25-63-34-14-12-31(13-15-34)42-44(56)51-37-20-32-21-40(53(24-33(32)22-41(37)64-42)65(61,62)45-39(54(59)60)2-1-17-50-45)43(55)52-38(46(57)58)19-26-3-8-29(9-4-26)30-10-5-27(23-49)6-11-30/h1-18,20,22,38,40,42H,19,21,24-25H2,(H,51,56)(H,52,55)(H,57,58)/t38-,40-,42?/m0/s1. The molecule has 0 spiro atoms. The monoisotopic (exact) mass is 932 g/mol. The average molecular weight is 934 g/mol. The predicted molar refractivity (Wildman–Crippen MR) is 237 cm³/mol. The van der Waals surface area contributed by atoms with Crippen molar-refractivity contribution in [3.8, 4) is 28.7 Å². The largest absolute Gasteiger partial charge is 0.489 e. The fourth-order valence-electron chi connectivity index (χ4n) is 7.50. The number of hydrogen-bond acceptors (Lipinski definition) is 11. The number of anilines is 1. The molecular formula is C46H34Cl2N6O10S. The van der Waals surface area contributed by atoms with Gasteiger partial charge in [0.15, 0.2) is 0 Å². The molecule has 65 heavy (non-hydrogen) atoms. The third-order valence-corrected chi connectivity index (χ3v) is 13.4. The lowest BCUT2D eigenvalue weighted by Crippen LogP contribution is -2.56. The van der Waals surface area contributed by atoms with Crippen molar-refractivity contribution in [1.29, 1.82) is 5.26 Å². The van der Waals surface area contributed by atoms with Gasteiger partial charge in [-0.3, -0.25) is 19.7 Å². The minimum atomic E-state index is -4.92. The van der Waals surface area contributed by atoms with Crippen LogP contribution < -0.4 is 20.1 Å². The van der Waals surface area contributed by atoms with E-state index in [1.165, 1.54) is 12.1 Å². The summed E-state index contributed by atoms with van der Waals surface area (Å²) >= 11 is 12.1. The van der Waals surface area contributed by atoms with Crippen LogP contribution in [0.2, 0.25) is 10.0 Å². The van der Waals surface area contributed by atoms with Crippen molar-refractivity contribution >= 4 is 62.4 Å². The van der Waals surface area contributed by atoms with Crippen LogP contribution in [-0.2, 0) is 50.4 Å². The van der Waals surface area contributed by atoms with Gasteiger partial charge in [-0.2, -0.15) is 9.57 Å². The Bertz CT molecular complexity index is 3020. The number of rotatable bonds is 13. The van der Waals surface area contributed by atoms with Crippen molar-refractivity contribution in [3.63, 3.8) is 0 Å². The zero-order valence-electron chi connectivity index (χ0n) is 33.7. The second-order valence-corrected chi connectivity index (χ2v) is 17.7. The van der Waals surface area contributed by atoms with Crippen LogP contribution in [0.15, 0.2) is 126 Å². The van der Waals surface area contributed by atoms with E-state index < -0.39 is 68.2 Å². The number of nitro groups is 1. The number of pyridine rings is 1. The molecule has 0 bridgehead atoms. The van der Waals surface area contributed by atoms with Crippen LogP contribution in [0.25, 0.3) is 11.1 Å². The van der Waals surface area contributed by atoms with E-state index >= 15 is 0 Å². The first-order valence-corrected chi connectivity index (χ1v) is 21.9. The van der Waals surface area contributed by atoms with Gasteiger partial charge in [-0.05, 0) is 94.4 Å². The first-order chi connectivity index (χ1) is 31.2. The highest BCUT2D eigenvalue weighted by molar-refractivity contribution is 7.89. The number of carbonyl (C=O) groups is 3. The summed E-state index contributed by atoms with van der Waals surface area (Å²) in [5.74, 6) is -2.19. The predicted octanol–water partition coefficient (Wildman–Crippen LogP) is 7.41. The number of aromatic nitrogens is 1. The number of halogens is 2. The zero-order valence-corrected chi connectivity index (χ0v) is 36.0. The van der Waals surface area contributed by atoms with Gasteiger partial charge < -0.3 is 25.2 Å². The van der Waals surface area contributed by atoms with Crippen molar-refractivity contribution < 1.29 is 42.3 Å². The number of hydrogen-bond donors (Lipinski definition) is 3. The van der Waals surface area contributed by atoms with Crippen molar-refractivity contribution in [3.05, 3.63) is 175 Å². The van der Waals surface area contributed by atoms with E-state index in [2.05, 4.69) is 21.7 Å². The molecule has 1 unspecified atom stereocenters. The molecule has 2 aliphatic heterocycles. The summed E-state index contributed by atoms with van der Waals surface area (Å²) in [4.78, 5) is 55.3. The van der Waals surface area contributed by atoms with Gasteiger partial charge in [-0.15, -0.1) is 0 Å². The molecule has 8 rings (SSSR count). The third kappa shape index (κ3) is 9.47. The molecule has 0 radical (unpaired) electrons. The lowest BCUT2D eigenvalue weighted by atomic mass is 9.93. The second kappa shape index (κ2) is 18.4. The molecule has 2 amide bonds. The number of sulfonamides is 1. The quantitative estimate of drug-likeness (QED) is 0.0759. The van der Waals surface area contributed by atoms with Crippen LogP contribution in [0.4, 0.5) is 11.4 Å². The molecule has 0 aliphatic carbocycles. The van der Waals surface area contributed by atoms with Gasteiger partial charge in [0.05, 0.1) is 32.3 Å². The number of nitrogens with zero attached hydrogens (tertiary/aromatic N) is 4. The number of amides is 2. The zero-order chi connectivity index (χ0) is 46.0. The highest BCUT2D eigenvalue weighted by atomic mass is 35.5. The molecule has 3 atom stereocenters. The minimum Gasteiger partial charge on any atom is -0.489 e. The summed E-state index contributed by atoms with van der Waals surface area (Å²) < 4.78 is 41.7. The number of benzene rings is 5. The SMILES string of the molecule is N#Cc1ccc(-c2ccc(C[C@H](NC(=O)[C@@H]3Cc4cc5c(cc4CN3S(=O)(=O)c3ncccc3[N+](=O)[O-])OC(c3ccc(OCc4ccc(Cl)c(Cl)c4)cc3)C(=O)N5)C(=O)O)cc2)cc1. The molecule has 19 heteroatoms.